The van der Waals surface area contributed by atoms with Crippen LogP contribution in [0.3, 0.4) is 0 Å². The van der Waals surface area contributed by atoms with Gasteiger partial charge in [-0.2, -0.15) is 0 Å². The molecular weight excluding hydrogens is 304 g/mol. The summed E-state index contributed by atoms with van der Waals surface area (Å²) in [7, 11) is 0. The van der Waals surface area contributed by atoms with E-state index in [4.69, 9.17) is 4.74 Å². The Hall–Kier alpha value is -1.52. The summed E-state index contributed by atoms with van der Waals surface area (Å²) in [4.78, 5) is 23.5. The van der Waals surface area contributed by atoms with Gasteiger partial charge in [0.25, 0.3) is 0 Å². The van der Waals surface area contributed by atoms with Crippen LogP contribution in [0.4, 0.5) is 4.79 Å². The number of nitrogens with one attached hydrogen (secondary N) is 2. The molecule has 0 aromatic heterocycles. The van der Waals surface area contributed by atoms with Crippen LogP contribution in [0, 0.1) is 5.41 Å². The molecule has 5 heteroatoms. The van der Waals surface area contributed by atoms with E-state index in [2.05, 4.69) is 43.6 Å². The fraction of sp³-hybridized carbons (Fsp3) is 0.789. The Labute approximate surface area is 146 Å². The average molecular weight is 338 g/mol. The lowest BCUT2D eigenvalue weighted by Crippen LogP contribution is -2.32. The summed E-state index contributed by atoms with van der Waals surface area (Å²) < 4.78 is 5.46. The number of hydrogen-bond acceptors (Lipinski definition) is 3. The molecule has 1 aliphatic carbocycles. The van der Waals surface area contributed by atoms with Gasteiger partial charge in [0.2, 0.25) is 5.91 Å². The van der Waals surface area contributed by atoms with Crippen molar-refractivity contribution in [3.05, 3.63) is 12.2 Å². The first-order chi connectivity index (χ1) is 11.4. The molecule has 2 amide bonds. The van der Waals surface area contributed by atoms with Gasteiger partial charge >= 0.3 is 6.09 Å². The Morgan fingerprint density at radius 2 is 1.79 bits per heavy atom. The molecule has 0 aromatic rings. The highest BCUT2D eigenvalue weighted by molar-refractivity contribution is 5.75. The number of carbonyl (C=O) groups is 2. The van der Waals surface area contributed by atoms with Crippen LogP contribution in [0.25, 0.3) is 0 Å². The summed E-state index contributed by atoms with van der Waals surface area (Å²) in [5.41, 5.74) is 0.176. The van der Waals surface area contributed by atoms with Crippen molar-refractivity contribution in [1.82, 2.24) is 10.6 Å². The minimum atomic E-state index is -0.344. The van der Waals surface area contributed by atoms with E-state index in [-0.39, 0.29) is 23.5 Å². The van der Waals surface area contributed by atoms with Gasteiger partial charge in [-0.15, -0.1) is 0 Å². The Morgan fingerprint density at radius 3 is 2.54 bits per heavy atom. The summed E-state index contributed by atoms with van der Waals surface area (Å²) in [6, 6.07) is 0. The lowest BCUT2D eigenvalue weighted by Gasteiger charge is -2.19. The zero-order valence-corrected chi connectivity index (χ0v) is 15.5. The Bertz CT molecular complexity index is 413. The fourth-order valence-electron chi connectivity index (χ4n) is 2.52. The maximum absolute atomic E-state index is 11.8. The van der Waals surface area contributed by atoms with Gasteiger partial charge in [0.15, 0.2) is 0 Å². The Morgan fingerprint density at radius 1 is 1.08 bits per heavy atom. The van der Waals surface area contributed by atoms with Crippen molar-refractivity contribution in [3.8, 4) is 0 Å². The molecule has 0 bridgehead atoms. The lowest BCUT2D eigenvalue weighted by atomic mass is 9.90. The normalized spacial score (nSPS) is 19.7. The third-order valence-corrected chi connectivity index (χ3v) is 4.04. The summed E-state index contributed by atoms with van der Waals surface area (Å²) in [5, 5.41) is 5.65. The smallest absolute Gasteiger partial charge is 0.407 e. The molecule has 0 saturated carbocycles. The van der Waals surface area contributed by atoms with Crippen LogP contribution in [0.15, 0.2) is 12.2 Å². The molecule has 138 valence electrons. The first-order valence-electron chi connectivity index (χ1n) is 9.23. The van der Waals surface area contributed by atoms with E-state index in [9.17, 15) is 9.59 Å². The maximum atomic E-state index is 11.8. The third kappa shape index (κ3) is 11.1. The number of amides is 2. The molecule has 2 N–H and O–H groups in total. The molecule has 1 atom stereocenters. The average Bonchev–Trinajstić information content (AvgIpc) is 2.47. The number of hydrogen-bond donors (Lipinski definition) is 2. The summed E-state index contributed by atoms with van der Waals surface area (Å²) >= 11 is 0. The second kappa shape index (κ2) is 11.1. The Kier molecular flexibility index (Phi) is 9.50. The van der Waals surface area contributed by atoms with Crippen LogP contribution < -0.4 is 10.6 Å². The van der Waals surface area contributed by atoms with Gasteiger partial charge in [0, 0.05) is 19.5 Å². The number of rotatable bonds is 7. The van der Waals surface area contributed by atoms with Crippen LogP contribution in [0.2, 0.25) is 0 Å². The highest BCUT2D eigenvalue weighted by atomic mass is 16.6. The lowest BCUT2D eigenvalue weighted by molar-refractivity contribution is -0.121. The van der Waals surface area contributed by atoms with Crippen molar-refractivity contribution in [2.75, 3.05) is 13.1 Å². The van der Waals surface area contributed by atoms with Crippen LogP contribution in [-0.2, 0) is 9.53 Å². The van der Waals surface area contributed by atoms with Gasteiger partial charge in [-0.1, -0.05) is 32.9 Å². The number of alkyl carbamates (subject to hydrolysis) is 1. The van der Waals surface area contributed by atoms with E-state index in [0.717, 1.165) is 38.5 Å². The summed E-state index contributed by atoms with van der Waals surface area (Å²) in [6.07, 6.45) is 11.1. The Balaban J connectivity index is 2.04. The number of allylic oxidation sites excluding steroid dienone is 2. The molecule has 1 rings (SSSR count). The number of ether oxygens (including phenoxy) is 1. The first kappa shape index (κ1) is 20.5. The van der Waals surface area contributed by atoms with Crippen LogP contribution in [0.5, 0.6) is 0 Å². The van der Waals surface area contributed by atoms with Gasteiger partial charge in [-0.05, 0) is 50.4 Å². The molecule has 0 aliphatic heterocycles. The molecule has 0 aromatic carbocycles. The SMILES string of the molecule is CC(C)(C)CCC(=O)NCCCNC(=O)O[C@@H]1CC/C=C/CCC1. The van der Waals surface area contributed by atoms with Gasteiger partial charge < -0.3 is 15.4 Å². The van der Waals surface area contributed by atoms with E-state index in [1.54, 1.807) is 0 Å². The minimum absolute atomic E-state index is 0.0204. The van der Waals surface area contributed by atoms with Crippen molar-refractivity contribution < 1.29 is 14.3 Å². The highest BCUT2D eigenvalue weighted by Gasteiger charge is 2.14. The minimum Gasteiger partial charge on any atom is -0.446 e. The second-order valence-electron chi connectivity index (χ2n) is 7.70. The van der Waals surface area contributed by atoms with Crippen LogP contribution >= 0.6 is 0 Å². The van der Waals surface area contributed by atoms with Gasteiger partial charge in [0.05, 0.1) is 0 Å². The first-order valence-corrected chi connectivity index (χ1v) is 9.23. The summed E-state index contributed by atoms with van der Waals surface area (Å²) in [5.74, 6) is 0.0788. The van der Waals surface area contributed by atoms with Crippen molar-refractivity contribution in [2.24, 2.45) is 5.41 Å². The number of carbonyl (C=O) groups excluding carboxylic acids is 2. The molecule has 0 heterocycles. The van der Waals surface area contributed by atoms with Crippen molar-refractivity contribution in [1.29, 1.82) is 0 Å². The topological polar surface area (TPSA) is 67.4 Å². The molecule has 0 spiro atoms. The van der Waals surface area contributed by atoms with Crippen LogP contribution in [0.1, 0.15) is 72.1 Å². The molecular formula is C19H34N2O3. The van der Waals surface area contributed by atoms with Crippen molar-refractivity contribution >= 4 is 12.0 Å². The maximum Gasteiger partial charge on any atom is 0.407 e. The summed E-state index contributed by atoms with van der Waals surface area (Å²) in [6.45, 7) is 7.48. The molecule has 1 aliphatic rings. The zero-order valence-electron chi connectivity index (χ0n) is 15.5. The molecule has 0 fully saturated rings. The standard InChI is InChI=1S/C19H34N2O3/c1-19(2,3)13-12-17(22)20-14-9-15-21-18(23)24-16-10-7-5-4-6-8-11-16/h4-5,16H,6-15H2,1-3H3,(H,20,22)(H,21,23)/b5-4+/t16-/m1/s1. The molecule has 0 radical (unpaired) electrons. The highest BCUT2D eigenvalue weighted by Crippen LogP contribution is 2.20. The monoisotopic (exact) mass is 338 g/mol. The van der Waals surface area contributed by atoms with E-state index >= 15 is 0 Å². The molecule has 0 unspecified atom stereocenters. The van der Waals surface area contributed by atoms with Crippen LogP contribution in [-0.4, -0.2) is 31.2 Å². The largest absolute Gasteiger partial charge is 0.446 e. The van der Waals surface area contributed by atoms with E-state index in [0.29, 0.717) is 25.9 Å². The third-order valence-electron chi connectivity index (χ3n) is 4.04. The quantitative estimate of drug-likeness (QED) is 0.546. The van der Waals surface area contributed by atoms with E-state index in [1.165, 1.54) is 0 Å². The molecule has 5 nitrogen and oxygen atoms in total. The predicted molar refractivity (Wildman–Crippen MR) is 96.8 cm³/mol. The molecule has 0 saturated heterocycles. The van der Waals surface area contributed by atoms with E-state index in [1.807, 2.05) is 0 Å². The van der Waals surface area contributed by atoms with Crippen molar-refractivity contribution in [2.45, 2.75) is 78.2 Å². The second-order valence-corrected chi connectivity index (χ2v) is 7.70. The van der Waals surface area contributed by atoms with Gasteiger partial charge in [0.1, 0.15) is 6.10 Å². The zero-order chi connectivity index (χ0) is 17.8. The van der Waals surface area contributed by atoms with E-state index < -0.39 is 0 Å². The predicted octanol–water partition coefficient (Wildman–Crippen LogP) is 3.93. The van der Waals surface area contributed by atoms with Crippen molar-refractivity contribution in [3.63, 3.8) is 0 Å². The molecule has 24 heavy (non-hydrogen) atoms. The van der Waals surface area contributed by atoms with Gasteiger partial charge in [-0.25, -0.2) is 4.79 Å². The van der Waals surface area contributed by atoms with Gasteiger partial charge in [-0.3, -0.25) is 4.79 Å². The fourth-order valence-corrected chi connectivity index (χ4v) is 2.52.